The Labute approximate surface area is 180 Å². The molecule has 6 nitrogen and oxygen atoms in total. The highest BCUT2D eigenvalue weighted by Crippen LogP contribution is 2.26. The molecule has 0 saturated carbocycles. The summed E-state index contributed by atoms with van der Waals surface area (Å²) in [5.41, 5.74) is 1.01. The number of sulfonamides is 1. The second-order valence-corrected chi connectivity index (χ2v) is 9.52. The maximum atomic E-state index is 12.5. The molecule has 0 spiro atoms. The summed E-state index contributed by atoms with van der Waals surface area (Å²) in [6.45, 7) is 1.81. The standard InChI is InChI=1S/C22H22N2O4S2/c1-16(29-20-12-10-19(28-2)11-13-20)22(25)23-17-8-14-21(15-9-17)30(26,27)24-18-6-4-3-5-7-18/h3-16,24H,1-2H3,(H,23,25)/t16-/m1/s1. The van der Waals surface area contributed by atoms with Gasteiger partial charge in [-0.15, -0.1) is 11.8 Å². The van der Waals surface area contributed by atoms with Gasteiger partial charge in [-0.3, -0.25) is 9.52 Å². The minimum Gasteiger partial charge on any atom is -0.497 e. The Kier molecular flexibility index (Phi) is 7.02. The largest absolute Gasteiger partial charge is 0.497 e. The van der Waals surface area contributed by atoms with Gasteiger partial charge in [0, 0.05) is 16.3 Å². The Hall–Kier alpha value is -2.97. The van der Waals surface area contributed by atoms with E-state index in [0.29, 0.717) is 11.4 Å². The van der Waals surface area contributed by atoms with E-state index < -0.39 is 10.0 Å². The molecule has 0 aromatic heterocycles. The van der Waals surface area contributed by atoms with Crippen LogP contribution in [-0.4, -0.2) is 26.7 Å². The molecule has 3 aromatic carbocycles. The molecule has 0 heterocycles. The third kappa shape index (κ3) is 5.77. The van der Waals surface area contributed by atoms with Crippen molar-refractivity contribution in [2.75, 3.05) is 17.1 Å². The molecule has 0 fully saturated rings. The van der Waals surface area contributed by atoms with Crippen molar-refractivity contribution < 1.29 is 17.9 Å². The van der Waals surface area contributed by atoms with Crippen molar-refractivity contribution in [1.82, 2.24) is 0 Å². The average Bonchev–Trinajstić information content (AvgIpc) is 2.75. The maximum Gasteiger partial charge on any atom is 0.261 e. The van der Waals surface area contributed by atoms with Crippen LogP contribution in [0.4, 0.5) is 11.4 Å². The Bertz CT molecular complexity index is 1080. The first-order chi connectivity index (χ1) is 14.4. The van der Waals surface area contributed by atoms with Gasteiger partial charge in [0.05, 0.1) is 17.3 Å². The van der Waals surface area contributed by atoms with Gasteiger partial charge in [-0.25, -0.2) is 8.42 Å². The number of ether oxygens (including phenoxy) is 1. The summed E-state index contributed by atoms with van der Waals surface area (Å²) in [7, 11) is -2.09. The van der Waals surface area contributed by atoms with Crippen LogP contribution >= 0.6 is 11.8 Å². The number of carbonyl (C=O) groups excluding carboxylic acids is 1. The Morgan fingerprint density at radius 1 is 0.900 bits per heavy atom. The normalized spacial score (nSPS) is 12.1. The van der Waals surface area contributed by atoms with Gasteiger partial charge < -0.3 is 10.1 Å². The highest BCUT2D eigenvalue weighted by atomic mass is 32.2. The highest BCUT2D eigenvalue weighted by Gasteiger charge is 2.17. The van der Waals surface area contributed by atoms with Crippen LogP contribution in [0.5, 0.6) is 5.75 Å². The van der Waals surface area contributed by atoms with Gasteiger partial charge in [-0.05, 0) is 67.6 Å². The fraction of sp³-hybridized carbons (Fsp3) is 0.136. The van der Waals surface area contributed by atoms with E-state index in [1.165, 1.54) is 23.9 Å². The van der Waals surface area contributed by atoms with Crippen LogP contribution in [0.3, 0.4) is 0 Å². The van der Waals surface area contributed by atoms with E-state index in [1.807, 2.05) is 37.3 Å². The smallest absolute Gasteiger partial charge is 0.261 e. The minimum atomic E-state index is -3.70. The van der Waals surface area contributed by atoms with Gasteiger partial charge in [0.1, 0.15) is 5.75 Å². The predicted molar refractivity (Wildman–Crippen MR) is 121 cm³/mol. The van der Waals surface area contributed by atoms with E-state index in [9.17, 15) is 13.2 Å². The topological polar surface area (TPSA) is 84.5 Å². The molecule has 30 heavy (non-hydrogen) atoms. The van der Waals surface area contributed by atoms with Gasteiger partial charge in [-0.2, -0.15) is 0 Å². The second-order valence-electron chi connectivity index (χ2n) is 6.42. The molecule has 1 amide bonds. The van der Waals surface area contributed by atoms with E-state index in [4.69, 9.17) is 4.74 Å². The molecule has 156 valence electrons. The number of benzene rings is 3. The number of hydrogen-bond donors (Lipinski definition) is 2. The lowest BCUT2D eigenvalue weighted by Crippen LogP contribution is -2.22. The first-order valence-electron chi connectivity index (χ1n) is 9.17. The first-order valence-corrected chi connectivity index (χ1v) is 11.5. The second kappa shape index (κ2) is 9.69. The molecule has 1 atom stereocenters. The van der Waals surface area contributed by atoms with Crippen molar-refractivity contribution in [2.45, 2.75) is 22.0 Å². The molecule has 0 aliphatic heterocycles. The van der Waals surface area contributed by atoms with Crippen molar-refractivity contribution in [1.29, 1.82) is 0 Å². The lowest BCUT2D eigenvalue weighted by molar-refractivity contribution is -0.115. The summed E-state index contributed by atoms with van der Waals surface area (Å²) in [4.78, 5) is 13.5. The van der Waals surface area contributed by atoms with E-state index in [0.717, 1.165) is 10.6 Å². The number of hydrogen-bond acceptors (Lipinski definition) is 5. The van der Waals surface area contributed by atoms with Gasteiger partial charge in [0.2, 0.25) is 5.91 Å². The van der Waals surface area contributed by atoms with E-state index in [-0.39, 0.29) is 16.1 Å². The zero-order valence-electron chi connectivity index (χ0n) is 16.5. The van der Waals surface area contributed by atoms with Crippen molar-refractivity contribution in [3.63, 3.8) is 0 Å². The molecule has 0 unspecified atom stereocenters. The molecule has 0 aliphatic carbocycles. The lowest BCUT2D eigenvalue weighted by Gasteiger charge is -2.13. The molecule has 0 bridgehead atoms. The van der Waals surface area contributed by atoms with Crippen LogP contribution in [0.15, 0.2) is 88.7 Å². The molecular formula is C22H22N2O4S2. The van der Waals surface area contributed by atoms with Gasteiger partial charge in [0.15, 0.2) is 0 Å². The molecule has 3 rings (SSSR count). The summed E-state index contributed by atoms with van der Waals surface area (Å²) in [5.74, 6) is 0.585. The average molecular weight is 443 g/mol. The molecule has 3 aromatic rings. The third-order valence-corrected chi connectivity index (χ3v) is 6.71. The monoisotopic (exact) mass is 442 g/mol. The van der Waals surface area contributed by atoms with Crippen LogP contribution in [0, 0.1) is 0 Å². The van der Waals surface area contributed by atoms with E-state index >= 15 is 0 Å². The van der Waals surface area contributed by atoms with Crippen molar-refractivity contribution in [3.05, 3.63) is 78.9 Å². The minimum absolute atomic E-state index is 0.116. The summed E-state index contributed by atoms with van der Waals surface area (Å²) < 4.78 is 32.6. The number of thioether (sulfide) groups is 1. The Morgan fingerprint density at radius 3 is 2.13 bits per heavy atom. The molecule has 2 N–H and O–H groups in total. The lowest BCUT2D eigenvalue weighted by atomic mass is 10.3. The number of nitrogens with one attached hydrogen (secondary N) is 2. The molecule has 0 radical (unpaired) electrons. The zero-order chi connectivity index (χ0) is 21.6. The summed E-state index contributed by atoms with van der Waals surface area (Å²) >= 11 is 1.43. The Morgan fingerprint density at radius 2 is 1.53 bits per heavy atom. The number of carbonyl (C=O) groups is 1. The highest BCUT2D eigenvalue weighted by molar-refractivity contribution is 8.00. The third-order valence-electron chi connectivity index (χ3n) is 4.20. The SMILES string of the molecule is COc1ccc(S[C@H](C)C(=O)Nc2ccc(S(=O)(=O)Nc3ccccc3)cc2)cc1. The maximum absolute atomic E-state index is 12.5. The fourth-order valence-corrected chi connectivity index (χ4v) is 4.52. The number of amides is 1. The molecule has 0 aliphatic rings. The fourth-order valence-electron chi connectivity index (χ4n) is 2.59. The first kappa shape index (κ1) is 21.7. The summed E-state index contributed by atoms with van der Waals surface area (Å²) in [6.07, 6.45) is 0. The molecule has 0 saturated heterocycles. The molecular weight excluding hydrogens is 420 g/mol. The zero-order valence-corrected chi connectivity index (χ0v) is 18.2. The number of methoxy groups -OCH3 is 1. The number of anilines is 2. The van der Waals surface area contributed by atoms with Crippen LogP contribution in [0.2, 0.25) is 0 Å². The number of para-hydroxylation sites is 1. The van der Waals surface area contributed by atoms with E-state index in [2.05, 4.69) is 10.0 Å². The van der Waals surface area contributed by atoms with E-state index in [1.54, 1.807) is 43.5 Å². The quantitative estimate of drug-likeness (QED) is 0.498. The van der Waals surface area contributed by atoms with Crippen molar-refractivity contribution in [2.24, 2.45) is 0 Å². The van der Waals surface area contributed by atoms with Crippen LogP contribution in [0.1, 0.15) is 6.92 Å². The van der Waals surface area contributed by atoms with Crippen molar-refractivity contribution in [3.8, 4) is 5.75 Å². The predicted octanol–water partition coefficient (Wildman–Crippen LogP) is 4.62. The number of rotatable bonds is 8. The van der Waals surface area contributed by atoms with Gasteiger partial charge in [-0.1, -0.05) is 18.2 Å². The van der Waals surface area contributed by atoms with Crippen molar-refractivity contribution >= 4 is 39.1 Å². The van der Waals surface area contributed by atoms with Gasteiger partial charge in [0.25, 0.3) is 10.0 Å². The van der Waals surface area contributed by atoms with Crippen LogP contribution in [0.25, 0.3) is 0 Å². The van der Waals surface area contributed by atoms with Crippen LogP contribution in [-0.2, 0) is 14.8 Å². The summed E-state index contributed by atoms with van der Waals surface area (Å²) in [5, 5.41) is 2.48. The summed E-state index contributed by atoms with van der Waals surface area (Å²) in [6, 6.07) is 22.2. The Balaban J connectivity index is 1.60. The molecule has 8 heteroatoms. The van der Waals surface area contributed by atoms with Crippen LogP contribution < -0.4 is 14.8 Å². The van der Waals surface area contributed by atoms with Gasteiger partial charge >= 0.3 is 0 Å².